The highest BCUT2D eigenvalue weighted by molar-refractivity contribution is 6.30. The molecule has 0 atom stereocenters. The Hall–Kier alpha value is -2.41. The average molecular weight is 338 g/mol. The van der Waals surface area contributed by atoms with Crippen LogP contribution in [-0.2, 0) is 19.1 Å². The Kier molecular flexibility index (Phi) is 5.00. The standard InChI is InChI=1S/C15H16ClN3O4/c1-8-4-6-11(17-13(8)16)18-19-14(21)9(2)10(15(19)22)5-7-12(20)23-3/h4,6H,5,7H2,1-3H3,(H,17,18). The summed E-state index contributed by atoms with van der Waals surface area (Å²) in [6.07, 6.45) is 0.175. The van der Waals surface area contributed by atoms with Crippen LogP contribution in [0.2, 0.25) is 5.15 Å². The van der Waals surface area contributed by atoms with Gasteiger partial charge in [0.25, 0.3) is 11.8 Å². The van der Waals surface area contributed by atoms with Crippen LogP contribution in [-0.4, -0.2) is 34.9 Å². The summed E-state index contributed by atoms with van der Waals surface area (Å²) < 4.78 is 4.54. The Balaban J connectivity index is 2.13. The molecule has 0 spiro atoms. The Morgan fingerprint density at radius 1 is 1.30 bits per heavy atom. The van der Waals surface area contributed by atoms with Crippen molar-refractivity contribution in [3.8, 4) is 0 Å². The molecule has 0 saturated heterocycles. The molecule has 23 heavy (non-hydrogen) atoms. The molecule has 7 nitrogen and oxygen atoms in total. The number of amides is 2. The number of nitrogens with zero attached hydrogens (tertiary/aromatic N) is 2. The quantitative estimate of drug-likeness (QED) is 0.502. The van der Waals surface area contributed by atoms with Crippen LogP contribution in [0, 0.1) is 6.92 Å². The van der Waals surface area contributed by atoms with Crippen molar-refractivity contribution in [3.63, 3.8) is 0 Å². The van der Waals surface area contributed by atoms with Crippen molar-refractivity contribution in [3.05, 3.63) is 34.0 Å². The van der Waals surface area contributed by atoms with E-state index in [1.165, 1.54) is 7.11 Å². The van der Waals surface area contributed by atoms with E-state index in [0.29, 0.717) is 5.57 Å². The molecule has 0 bridgehead atoms. The van der Waals surface area contributed by atoms with Gasteiger partial charge in [-0.3, -0.25) is 19.8 Å². The maximum absolute atomic E-state index is 12.4. The Labute approximate surface area is 138 Å². The number of methoxy groups -OCH3 is 1. The number of carbonyl (C=O) groups is 3. The van der Waals surface area contributed by atoms with Crippen LogP contribution in [0.5, 0.6) is 0 Å². The van der Waals surface area contributed by atoms with Gasteiger partial charge in [0.2, 0.25) is 0 Å². The average Bonchev–Trinajstić information content (AvgIpc) is 2.72. The topological polar surface area (TPSA) is 88.6 Å². The molecule has 1 aromatic rings. The third kappa shape index (κ3) is 3.50. The molecule has 0 aromatic carbocycles. The molecule has 8 heteroatoms. The van der Waals surface area contributed by atoms with Crippen LogP contribution >= 0.6 is 11.6 Å². The second-order valence-corrected chi connectivity index (χ2v) is 5.40. The minimum absolute atomic E-state index is 0.0324. The third-order valence-electron chi connectivity index (χ3n) is 3.51. The zero-order valence-corrected chi connectivity index (χ0v) is 13.7. The molecule has 0 aliphatic carbocycles. The van der Waals surface area contributed by atoms with Gasteiger partial charge >= 0.3 is 5.97 Å². The van der Waals surface area contributed by atoms with Crippen molar-refractivity contribution in [1.29, 1.82) is 0 Å². The first kappa shape index (κ1) is 17.0. The first-order chi connectivity index (χ1) is 10.8. The molecule has 1 N–H and O–H groups in total. The van der Waals surface area contributed by atoms with Crippen molar-refractivity contribution >= 4 is 35.2 Å². The highest BCUT2D eigenvalue weighted by Gasteiger charge is 2.36. The summed E-state index contributed by atoms with van der Waals surface area (Å²) >= 11 is 5.93. The normalized spacial score (nSPS) is 14.5. The van der Waals surface area contributed by atoms with Gasteiger partial charge < -0.3 is 4.74 Å². The second kappa shape index (κ2) is 6.78. The molecule has 2 heterocycles. The zero-order chi connectivity index (χ0) is 17.1. The lowest BCUT2D eigenvalue weighted by atomic mass is 10.1. The number of esters is 1. The van der Waals surface area contributed by atoms with E-state index in [1.54, 1.807) is 26.0 Å². The van der Waals surface area contributed by atoms with Crippen LogP contribution < -0.4 is 5.43 Å². The zero-order valence-electron chi connectivity index (χ0n) is 13.0. The number of hydrogen-bond donors (Lipinski definition) is 1. The predicted octanol–water partition coefficient (Wildman–Crippen LogP) is 2.01. The highest BCUT2D eigenvalue weighted by Crippen LogP contribution is 2.25. The van der Waals surface area contributed by atoms with Gasteiger partial charge in [0.05, 0.1) is 7.11 Å². The van der Waals surface area contributed by atoms with E-state index in [1.807, 2.05) is 0 Å². The van der Waals surface area contributed by atoms with Crippen LogP contribution in [0.4, 0.5) is 5.82 Å². The summed E-state index contributed by atoms with van der Waals surface area (Å²) in [6.45, 7) is 3.34. The van der Waals surface area contributed by atoms with E-state index in [2.05, 4.69) is 15.1 Å². The fourth-order valence-electron chi connectivity index (χ4n) is 2.09. The van der Waals surface area contributed by atoms with Gasteiger partial charge in [0.15, 0.2) is 0 Å². The van der Waals surface area contributed by atoms with E-state index >= 15 is 0 Å². The van der Waals surface area contributed by atoms with Crippen LogP contribution in [0.3, 0.4) is 0 Å². The summed E-state index contributed by atoms with van der Waals surface area (Å²) in [5, 5.41) is 1.15. The predicted molar refractivity (Wildman–Crippen MR) is 83.4 cm³/mol. The lowest BCUT2D eigenvalue weighted by Crippen LogP contribution is -2.37. The third-order valence-corrected chi connectivity index (χ3v) is 3.89. The fraction of sp³-hybridized carbons (Fsp3) is 0.333. The molecule has 0 unspecified atom stereocenters. The Morgan fingerprint density at radius 3 is 2.61 bits per heavy atom. The summed E-state index contributed by atoms with van der Waals surface area (Å²) in [5.41, 5.74) is 4.01. The smallest absolute Gasteiger partial charge is 0.305 e. The number of ether oxygens (including phenoxy) is 1. The first-order valence-electron chi connectivity index (χ1n) is 6.90. The molecule has 0 fully saturated rings. The monoisotopic (exact) mass is 337 g/mol. The maximum Gasteiger partial charge on any atom is 0.305 e. The number of imide groups is 1. The van der Waals surface area contributed by atoms with Crippen molar-refractivity contribution in [2.24, 2.45) is 0 Å². The highest BCUT2D eigenvalue weighted by atomic mass is 35.5. The van der Waals surface area contributed by atoms with Crippen LogP contribution in [0.1, 0.15) is 25.3 Å². The number of pyridine rings is 1. The molecule has 122 valence electrons. The number of anilines is 1. The molecule has 1 aliphatic heterocycles. The number of hydrogen-bond acceptors (Lipinski definition) is 6. The van der Waals surface area contributed by atoms with E-state index in [9.17, 15) is 14.4 Å². The molecular weight excluding hydrogens is 322 g/mol. The maximum atomic E-state index is 12.4. The summed E-state index contributed by atoms with van der Waals surface area (Å²) in [4.78, 5) is 39.8. The largest absolute Gasteiger partial charge is 0.469 e. The van der Waals surface area contributed by atoms with E-state index < -0.39 is 17.8 Å². The van der Waals surface area contributed by atoms with Crippen LogP contribution in [0.25, 0.3) is 0 Å². The minimum Gasteiger partial charge on any atom is -0.469 e. The van der Waals surface area contributed by atoms with Gasteiger partial charge in [-0.2, -0.15) is 5.01 Å². The Morgan fingerprint density at radius 2 is 2.00 bits per heavy atom. The van der Waals surface area contributed by atoms with Crippen molar-refractivity contribution in [1.82, 2.24) is 9.99 Å². The lowest BCUT2D eigenvalue weighted by molar-refractivity contribution is -0.140. The number of nitrogens with one attached hydrogen (secondary N) is 1. The molecule has 0 radical (unpaired) electrons. The Bertz CT molecular complexity index is 715. The van der Waals surface area contributed by atoms with Crippen molar-refractivity contribution in [2.75, 3.05) is 12.5 Å². The molecule has 2 rings (SSSR count). The number of halogens is 1. The summed E-state index contributed by atoms with van der Waals surface area (Å²) in [7, 11) is 1.27. The molecule has 0 saturated carbocycles. The van der Waals surface area contributed by atoms with E-state index in [0.717, 1.165) is 10.6 Å². The molecule has 1 aliphatic rings. The lowest BCUT2D eigenvalue weighted by Gasteiger charge is -2.17. The number of carbonyl (C=O) groups excluding carboxylic acids is 3. The van der Waals surface area contributed by atoms with Gasteiger partial charge in [-0.1, -0.05) is 17.7 Å². The van der Waals surface area contributed by atoms with Gasteiger partial charge in [-0.15, -0.1) is 0 Å². The molecular formula is C15H16ClN3O4. The molecule has 1 aromatic heterocycles. The van der Waals surface area contributed by atoms with Gasteiger partial charge in [-0.25, -0.2) is 4.98 Å². The first-order valence-corrected chi connectivity index (χ1v) is 7.28. The number of aryl methyl sites for hydroxylation is 1. The summed E-state index contributed by atoms with van der Waals surface area (Å²) in [6, 6.07) is 3.34. The number of aromatic nitrogens is 1. The van der Waals surface area contributed by atoms with Gasteiger partial charge in [0, 0.05) is 17.6 Å². The SMILES string of the molecule is COC(=O)CCC1=C(C)C(=O)N(Nc2ccc(C)c(Cl)n2)C1=O. The fourth-order valence-corrected chi connectivity index (χ4v) is 2.24. The van der Waals surface area contributed by atoms with Gasteiger partial charge in [0.1, 0.15) is 11.0 Å². The van der Waals surface area contributed by atoms with Crippen LogP contribution in [0.15, 0.2) is 23.3 Å². The molecule has 2 amide bonds. The number of hydrazine groups is 1. The van der Waals surface area contributed by atoms with E-state index in [-0.39, 0.29) is 29.4 Å². The van der Waals surface area contributed by atoms with E-state index in [4.69, 9.17) is 11.6 Å². The van der Waals surface area contributed by atoms with Gasteiger partial charge in [-0.05, 0) is 31.9 Å². The minimum atomic E-state index is -0.505. The number of rotatable bonds is 5. The van der Waals surface area contributed by atoms with Crippen molar-refractivity contribution < 1.29 is 19.1 Å². The second-order valence-electron chi connectivity index (χ2n) is 5.04. The van der Waals surface area contributed by atoms with Crippen molar-refractivity contribution in [2.45, 2.75) is 26.7 Å². The summed E-state index contributed by atoms with van der Waals surface area (Å²) in [5.74, 6) is -1.14.